The van der Waals surface area contributed by atoms with Gasteiger partial charge in [-0.05, 0) is 48.9 Å². The first kappa shape index (κ1) is 23.9. The maximum Gasteiger partial charge on any atom is 0.242 e. The highest BCUT2D eigenvalue weighted by molar-refractivity contribution is 8.15. The molecule has 6 nitrogen and oxygen atoms in total. The van der Waals surface area contributed by atoms with E-state index in [1.54, 1.807) is 23.1 Å². The van der Waals surface area contributed by atoms with Crippen LogP contribution in [0.15, 0.2) is 65.7 Å². The smallest absolute Gasteiger partial charge is 0.242 e. The molecule has 2 saturated heterocycles. The molecule has 2 heterocycles. The van der Waals surface area contributed by atoms with Gasteiger partial charge < -0.3 is 10.1 Å². The first-order chi connectivity index (χ1) is 17.0. The number of nitrogens with one attached hydrogen (secondary N) is 1. The van der Waals surface area contributed by atoms with Gasteiger partial charge in [-0.15, -0.1) is 0 Å². The standard InChI is InChI=1S/C27H26ClN3O3S/c1-17-21(28)11-5-12-22(17)29-25(32)15-24-26(33)31(16-19-9-6-14-34-19)27(35-24)30-23-13-4-8-18-7-2-3-10-20(18)23/h2-5,7-8,10-13,19,24H,6,9,14-16H2,1H3,(H,29,32)/t19-,24+/m1/s1. The molecule has 3 aromatic carbocycles. The van der Waals surface area contributed by atoms with Crippen molar-refractivity contribution in [2.24, 2.45) is 4.99 Å². The number of halogens is 1. The fourth-order valence-corrected chi connectivity index (χ4v) is 5.74. The fraction of sp³-hybridized carbons (Fsp3) is 0.296. The van der Waals surface area contributed by atoms with Crippen LogP contribution in [-0.2, 0) is 14.3 Å². The maximum absolute atomic E-state index is 13.4. The fourth-order valence-electron chi connectivity index (χ4n) is 4.41. The van der Waals surface area contributed by atoms with Crippen molar-refractivity contribution < 1.29 is 14.3 Å². The Balaban J connectivity index is 1.40. The summed E-state index contributed by atoms with van der Waals surface area (Å²) in [7, 11) is 0. The van der Waals surface area contributed by atoms with Crippen molar-refractivity contribution in [1.82, 2.24) is 4.90 Å². The molecule has 1 N–H and O–H groups in total. The van der Waals surface area contributed by atoms with Crippen LogP contribution >= 0.6 is 23.4 Å². The minimum absolute atomic E-state index is 0.0149. The van der Waals surface area contributed by atoms with Gasteiger partial charge in [0.05, 0.1) is 18.3 Å². The summed E-state index contributed by atoms with van der Waals surface area (Å²) in [4.78, 5) is 32.9. The van der Waals surface area contributed by atoms with Gasteiger partial charge in [-0.1, -0.05) is 65.8 Å². The molecule has 0 radical (unpaired) electrons. The number of hydrogen-bond donors (Lipinski definition) is 1. The van der Waals surface area contributed by atoms with Crippen molar-refractivity contribution in [2.75, 3.05) is 18.5 Å². The topological polar surface area (TPSA) is 71.0 Å². The van der Waals surface area contributed by atoms with Gasteiger partial charge in [-0.2, -0.15) is 0 Å². The molecule has 5 rings (SSSR count). The number of fused-ring (bicyclic) bond motifs is 1. The van der Waals surface area contributed by atoms with Crippen LogP contribution in [0.25, 0.3) is 10.8 Å². The first-order valence-electron chi connectivity index (χ1n) is 11.7. The van der Waals surface area contributed by atoms with Crippen LogP contribution in [0, 0.1) is 6.92 Å². The molecule has 8 heteroatoms. The van der Waals surface area contributed by atoms with E-state index in [0.717, 1.165) is 34.9 Å². The second-order valence-electron chi connectivity index (χ2n) is 8.75. The van der Waals surface area contributed by atoms with Gasteiger partial charge in [0.15, 0.2) is 5.17 Å². The molecular formula is C27H26ClN3O3S. The predicted octanol–water partition coefficient (Wildman–Crippen LogP) is 5.94. The predicted molar refractivity (Wildman–Crippen MR) is 143 cm³/mol. The van der Waals surface area contributed by atoms with Crippen LogP contribution in [0.2, 0.25) is 5.02 Å². The van der Waals surface area contributed by atoms with Gasteiger partial charge in [0, 0.05) is 29.1 Å². The number of carbonyl (C=O) groups is 2. The second kappa shape index (κ2) is 10.4. The summed E-state index contributed by atoms with van der Waals surface area (Å²) in [5, 5.41) is 5.65. The Hall–Kier alpha value is -2.87. The molecule has 0 unspecified atom stereocenters. The van der Waals surface area contributed by atoms with Gasteiger partial charge in [0.2, 0.25) is 11.8 Å². The number of amidine groups is 1. The normalized spacial score (nSPS) is 21.3. The number of carbonyl (C=O) groups excluding carboxylic acids is 2. The van der Waals surface area contributed by atoms with Crippen molar-refractivity contribution in [3.63, 3.8) is 0 Å². The Morgan fingerprint density at radius 3 is 2.80 bits per heavy atom. The third-order valence-corrected chi connectivity index (χ3v) is 7.91. The largest absolute Gasteiger partial charge is 0.376 e. The number of benzene rings is 3. The molecule has 0 bridgehead atoms. The molecule has 35 heavy (non-hydrogen) atoms. The van der Waals surface area contributed by atoms with Crippen LogP contribution in [0.1, 0.15) is 24.8 Å². The summed E-state index contributed by atoms with van der Waals surface area (Å²) >= 11 is 7.53. The SMILES string of the molecule is Cc1c(Cl)cccc1NC(=O)C[C@@H]1SC(=Nc2cccc3ccccc23)N(C[C@H]2CCCO2)C1=O. The van der Waals surface area contributed by atoms with E-state index in [9.17, 15) is 9.59 Å². The first-order valence-corrected chi connectivity index (χ1v) is 13.0. The minimum atomic E-state index is -0.551. The van der Waals surface area contributed by atoms with E-state index >= 15 is 0 Å². The summed E-state index contributed by atoms with van der Waals surface area (Å²) in [5.74, 6) is -0.341. The number of aliphatic imine (C=N–C) groups is 1. The Morgan fingerprint density at radius 2 is 1.97 bits per heavy atom. The van der Waals surface area contributed by atoms with Crippen LogP contribution in [-0.4, -0.2) is 46.4 Å². The van der Waals surface area contributed by atoms with E-state index in [1.165, 1.54) is 11.8 Å². The summed E-state index contributed by atoms with van der Waals surface area (Å²) in [6, 6.07) is 19.4. The van der Waals surface area contributed by atoms with E-state index in [1.807, 2.05) is 49.4 Å². The number of anilines is 1. The number of nitrogens with zero attached hydrogens (tertiary/aromatic N) is 2. The molecular weight excluding hydrogens is 482 g/mol. The highest BCUT2D eigenvalue weighted by Crippen LogP contribution is 2.35. The Bertz CT molecular complexity index is 1300. The van der Waals surface area contributed by atoms with Crippen LogP contribution in [0.4, 0.5) is 11.4 Å². The lowest BCUT2D eigenvalue weighted by Crippen LogP contribution is -2.38. The zero-order chi connectivity index (χ0) is 24.4. The molecule has 0 aromatic heterocycles. The third-order valence-electron chi connectivity index (χ3n) is 6.33. The molecule has 2 fully saturated rings. The molecule has 180 valence electrons. The highest BCUT2D eigenvalue weighted by atomic mass is 35.5. The number of ether oxygens (including phenoxy) is 1. The summed E-state index contributed by atoms with van der Waals surface area (Å²) in [5.41, 5.74) is 2.25. The average Bonchev–Trinajstić information content (AvgIpc) is 3.47. The number of hydrogen-bond acceptors (Lipinski definition) is 5. The molecule has 3 aromatic rings. The Morgan fingerprint density at radius 1 is 1.17 bits per heavy atom. The summed E-state index contributed by atoms with van der Waals surface area (Å²) in [6.45, 7) is 3.01. The third kappa shape index (κ3) is 5.22. The van der Waals surface area contributed by atoms with Crippen LogP contribution < -0.4 is 5.32 Å². The quantitative estimate of drug-likeness (QED) is 0.448. The van der Waals surface area contributed by atoms with E-state index in [-0.39, 0.29) is 24.3 Å². The summed E-state index contributed by atoms with van der Waals surface area (Å²) < 4.78 is 5.80. The van der Waals surface area contributed by atoms with Crippen LogP contribution in [0.5, 0.6) is 0 Å². The lowest BCUT2D eigenvalue weighted by Gasteiger charge is -2.20. The van der Waals surface area contributed by atoms with Crippen molar-refractivity contribution >= 4 is 62.5 Å². The van der Waals surface area contributed by atoms with Crippen molar-refractivity contribution in [3.8, 4) is 0 Å². The number of rotatable bonds is 6. The minimum Gasteiger partial charge on any atom is -0.376 e. The molecule has 2 amide bonds. The van der Waals surface area contributed by atoms with Gasteiger partial charge in [-0.3, -0.25) is 14.5 Å². The molecule has 0 aliphatic carbocycles. The number of thioether (sulfide) groups is 1. The summed E-state index contributed by atoms with van der Waals surface area (Å²) in [6.07, 6.45) is 1.93. The van der Waals surface area contributed by atoms with Crippen LogP contribution in [0.3, 0.4) is 0 Å². The van der Waals surface area contributed by atoms with Gasteiger partial charge in [0.1, 0.15) is 5.25 Å². The molecule has 2 atom stereocenters. The number of amides is 2. The van der Waals surface area contributed by atoms with Gasteiger partial charge in [-0.25, -0.2) is 4.99 Å². The molecule has 2 aliphatic rings. The molecule has 0 spiro atoms. The van der Waals surface area contributed by atoms with Crippen molar-refractivity contribution in [3.05, 3.63) is 71.2 Å². The Kier molecular flexibility index (Phi) is 7.09. The second-order valence-corrected chi connectivity index (χ2v) is 10.3. The zero-order valence-electron chi connectivity index (χ0n) is 19.4. The van der Waals surface area contributed by atoms with Crippen molar-refractivity contribution in [1.29, 1.82) is 0 Å². The molecule has 0 saturated carbocycles. The van der Waals surface area contributed by atoms with Crippen molar-refractivity contribution in [2.45, 2.75) is 37.5 Å². The molecule has 2 aliphatic heterocycles. The average molecular weight is 508 g/mol. The highest BCUT2D eigenvalue weighted by Gasteiger charge is 2.40. The van der Waals surface area contributed by atoms with E-state index < -0.39 is 5.25 Å². The lowest BCUT2D eigenvalue weighted by atomic mass is 10.1. The van der Waals surface area contributed by atoms with E-state index in [2.05, 4.69) is 5.32 Å². The lowest BCUT2D eigenvalue weighted by molar-refractivity contribution is -0.129. The Labute approximate surface area is 213 Å². The van der Waals surface area contributed by atoms with Gasteiger partial charge in [0.25, 0.3) is 0 Å². The zero-order valence-corrected chi connectivity index (χ0v) is 20.9. The van der Waals surface area contributed by atoms with E-state index in [0.29, 0.717) is 29.0 Å². The van der Waals surface area contributed by atoms with Gasteiger partial charge >= 0.3 is 0 Å². The monoisotopic (exact) mass is 507 g/mol. The maximum atomic E-state index is 13.4. The van der Waals surface area contributed by atoms with E-state index in [4.69, 9.17) is 21.3 Å².